The summed E-state index contributed by atoms with van der Waals surface area (Å²) in [6.45, 7) is 2.46. The standard InChI is InChI=1S/C7H10BrNO2/c1-5(10)4-9-3-2-6(8)7(9)11/h6H,2-4H2,1H3. The number of Topliss-reactive ketones (excluding diaryl/α,β-unsaturated/α-hetero) is 1. The number of hydrogen-bond donors (Lipinski definition) is 0. The van der Waals surface area contributed by atoms with E-state index in [-0.39, 0.29) is 23.1 Å². The number of ketones is 1. The molecular weight excluding hydrogens is 210 g/mol. The molecule has 0 aromatic heterocycles. The second-order valence-electron chi connectivity index (χ2n) is 2.72. The number of hydrogen-bond acceptors (Lipinski definition) is 2. The summed E-state index contributed by atoms with van der Waals surface area (Å²) in [5.41, 5.74) is 0. The number of alkyl halides is 1. The van der Waals surface area contributed by atoms with Gasteiger partial charge in [-0.2, -0.15) is 0 Å². The number of likely N-dealkylation sites (tertiary alicyclic amines) is 1. The second-order valence-corrected chi connectivity index (χ2v) is 3.82. The maximum Gasteiger partial charge on any atom is 0.236 e. The summed E-state index contributed by atoms with van der Waals surface area (Å²) in [5, 5.41) is 0. The molecular formula is C7H10BrNO2. The first kappa shape index (κ1) is 8.71. The number of carbonyl (C=O) groups is 2. The highest BCUT2D eigenvalue weighted by Gasteiger charge is 2.29. The van der Waals surface area contributed by atoms with Crippen LogP contribution in [-0.2, 0) is 9.59 Å². The van der Waals surface area contributed by atoms with E-state index < -0.39 is 0 Å². The highest BCUT2D eigenvalue weighted by molar-refractivity contribution is 9.10. The molecule has 1 heterocycles. The maximum absolute atomic E-state index is 11.2. The number of halogens is 1. The van der Waals surface area contributed by atoms with Gasteiger partial charge in [0.05, 0.1) is 11.4 Å². The van der Waals surface area contributed by atoms with Crippen molar-refractivity contribution in [3.05, 3.63) is 0 Å². The largest absolute Gasteiger partial charge is 0.334 e. The molecule has 0 aromatic rings. The first-order valence-electron chi connectivity index (χ1n) is 3.53. The van der Waals surface area contributed by atoms with Crippen molar-refractivity contribution < 1.29 is 9.59 Å². The Bertz CT molecular complexity index is 193. The molecule has 1 rings (SSSR count). The zero-order chi connectivity index (χ0) is 8.43. The Balaban J connectivity index is 2.49. The van der Waals surface area contributed by atoms with Crippen molar-refractivity contribution in [3.63, 3.8) is 0 Å². The van der Waals surface area contributed by atoms with Gasteiger partial charge < -0.3 is 4.90 Å². The highest BCUT2D eigenvalue weighted by atomic mass is 79.9. The summed E-state index contributed by atoms with van der Waals surface area (Å²) in [7, 11) is 0. The van der Waals surface area contributed by atoms with Gasteiger partial charge in [-0.25, -0.2) is 0 Å². The Hall–Kier alpha value is -0.380. The molecule has 3 nitrogen and oxygen atoms in total. The van der Waals surface area contributed by atoms with Gasteiger partial charge in [-0.1, -0.05) is 15.9 Å². The first-order chi connectivity index (χ1) is 5.11. The molecule has 1 aliphatic heterocycles. The summed E-state index contributed by atoms with van der Waals surface area (Å²) in [5.74, 6) is 0.0835. The minimum atomic E-state index is -0.0677. The highest BCUT2D eigenvalue weighted by Crippen LogP contribution is 2.17. The van der Waals surface area contributed by atoms with Crippen LogP contribution in [0.25, 0.3) is 0 Å². The molecule has 11 heavy (non-hydrogen) atoms. The predicted molar refractivity (Wildman–Crippen MR) is 44.6 cm³/mol. The molecule has 1 fully saturated rings. The van der Waals surface area contributed by atoms with E-state index in [9.17, 15) is 9.59 Å². The fourth-order valence-corrected chi connectivity index (χ4v) is 1.62. The van der Waals surface area contributed by atoms with E-state index in [1.54, 1.807) is 4.90 Å². The average molecular weight is 220 g/mol. The third kappa shape index (κ3) is 2.02. The summed E-state index contributed by atoms with van der Waals surface area (Å²) in [6, 6.07) is 0. The minimum Gasteiger partial charge on any atom is -0.334 e. The van der Waals surface area contributed by atoms with E-state index in [0.717, 1.165) is 6.42 Å². The van der Waals surface area contributed by atoms with Crippen molar-refractivity contribution >= 4 is 27.6 Å². The van der Waals surface area contributed by atoms with Crippen LogP contribution >= 0.6 is 15.9 Å². The second kappa shape index (κ2) is 3.34. The number of amides is 1. The lowest BCUT2D eigenvalue weighted by Gasteiger charge is -2.12. The summed E-state index contributed by atoms with van der Waals surface area (Å²) in [4.78, 5) is 23.3. The van der Waals surface area contributed by atoms with Gasteiger partial charge in [0.2, 0.25) is 5.91 Å². The molecule has 0 bridgehead atoms. The van der Waals surface area contributed by atoms with Crippen molar-refractivity contribution in [1.29, 1.82) is 0 Å². The fraction of sp³-hybridized carbons (Fsp3) is 0.714. The molecule has 1 aliphatic rings. The van der Waals surface area contributed by atoms with Crippen LogP contribution < -0.4 is 0 Å². The summed E-state index contributed by atoms with van der Waals surface area (Å²) >= 11 is 3.23. The van der Waals surface area contributed by atoms with Crippen LogP contribution in [0.4, 0.5) is 0 Å². The van der Waals surface area contributed by atoms with Crippen LogP contribution in [0.15, 0.2) is 0 Å². The van der Waals surface area contributed by atoms with Gasteiger partial charge in [0.15, 0.2) is 0 Å². The lowest BCUT2D eigenvalue weighted by molar-refractivity contribution is -0.131. The number of nitrogens with zero attached hydrogens (tertiary/aromatic N) is 1. The van der Waals surface area contributed by atoms with E-state index >= 15 is 0 Å². The zero-order valence-electron chi connectivity index (χ0n) is 6.34. The van der Waals surface area contributed by atoms with Crippen molar-refractivity contribution in [2.24, 2.45) is 0 Å². The third-order valence-electron chi connectivity index (χ3n) is 1.65. The van der Waals surface area contributed by atoms with Gasteiger partial charge in [0.1, 0.15) is 5.78 Å². The van der Waals surface area contributed by atoms with Crippen LogP contribution in [0.3, 0.4) is 0 Å². The lowest BCUT2D eigenvalue weighted by Crippen LogP contribution is -2.31. The Labute approximate surface area is 73.9 Å². The van der Waals surface area contributed by atoms with E-state index in [1.807, 2.05) is 0 Å². The quantitative estimate of drug-likeness (QED) is 0.638. The zero-order valence-corrected chi connectivity index (χ0v) is 7.93. The molecule has 0 aromatic carbocycles. The summed E-state index contributed by atoms with van der Waals surface area (Å²) < 4.78 is 0. The normalized spacial score (nSPS) is 24.4. The van der Waals surface area contributed by atoms with Gasteiger partial charge in [-0.15, -0.1) is 0 Å². The summed E-state index contributed by atoms with van der Waals surface area (Å²) in [6.07, 6.45) is 0.812. The topological polar surface area (TPSA) is 37.4 Å². The third-order valence-corrected chi connectivity index (χ3v) is 2.50. The maximum atomic E-state index is 11.2. The van der Waals surface area contributed by atoms with Crippen LogP contribution in [0.2, 0.25) is 0 Å². The molecule has 1 unspecified atom stereocenters. The Morgan fingerprint density at radius 1 is 1.82 bits per heavy atom. The molecule has 0 radical (unpaired) electrons. The van der Waals surface area contributed by atoms with E-state index in [1.165, 1.54) is 6.92 Å². The molecule has 1 saturated heterocycles. The molecule has 0 aliphatic carbocycles. The average Bonchev–Trinajstić information content (AvgIpc) is 2.18. The van der Waals surface area contributed by atoms with Crippen LogP contribution in [0, 0.1) is 0 Å². The Kier molecular flexibility index (Phi) is 2.65. The van der Waals surface area contributed by atoms with Crippen LogP contribution in [0.1, 0.15) is 13.3 Å². The van der Waals surface area contributed by atoms with E-state index in [0.29, 0.717) is 6.54 Å². The molecule has 0 saturated carbocycles. The Morgan fingerprint density at radius 2 is 2.45 bits per heavy atom. The first-order valence-corrected chi connectivity index (χ1v) is 4.45. The Morgan fingerprint density at radius 3 is 2.82 bits per heavy atom. The van der Waals surface area contributed by atoms with Gasteiger partial charge in [0.25, 0.3) is 0 Å². The van der Waals surface area contributed by atoms with Crippen molar-refractivity contribution in [2.45, 2.75) is 18.2 Å². The number of carbonyl (C=O) groups excluding carboxylic acids is 2. The van der Waals surface area contributed by atoms with Gasteiger partial charge in [-0.05, 0) is 13.3 Å². The predicted octanol–water partition coefficient (Wildman–Crippen LogP) is 0.571. The smallest absolute Gasteiger partial charge is 0.236 e. The SMILES string of the molecule is CC(=O)CN1CCC(Br)C1=O. The van der Waals surface area contributed by atoms with E-state index in [2.05, 4.69) is 15.9 Å². The minimum absolute atomic E-state index is 0.0416. The van der Waals surface area contributed by atoms with Crippen LogP contribution in [-0.4, -0.2) is 34.5 Å². The number of rotatable bonds is 2. The van der Waals surface area contributed by atoms with Gasteiger partial charge in [-0.3, -0.25) is 9.59 Å². The van der Waals surface area contributed by atoms with Gasteiger partial charge >= 0.3 is 0 Å². The monoisotopic (exact) mass is 219 g/mol. The van der Waals surface area contributed by atoms with Crippen LogP contribution in [0.5, 0.6) is 0 Å². The molecule has 0 spiro atoms. The van der Waals surface area contributed by atoms with E-state index in [4.69, 9.17) is 0 Å². The van der Waals surface area contributed by atoms with Crippen molar-refractivity contribution in [2.75, 3.05) is 13.1 Å². The fourth-order valence-electron chi connectivity index (χ4n) is 1.13. The lowest BCUT2D eigenvalue weighted by atomic mass is 10.4. The van der Waals surface area contributed by atoms with Crippen molar-refractivity contribution in [1.82, 2.24) is 4.90 Å². The molecule has 0 N–H and O–H groups in total. The van der Waals surface area contributed by atoms with Crippen molar-refractivity contribution in [3.8, 4) is 0 Å². The molecule has 1 atom stereocenters. The molecule has 4 heteroatoms. The molecule has 1 amide bonds. The molecule has 62 valence electrons. The van der Waals surface area contributed by atoms with Gasteiger partial charge in [0, 0.05) is 6.54 Å².